The van der Waals surface area contributed by atoms with Gasteiger partial charge in [-0.15, -0.1) is 0 Å². The Kier molecular flexibility index (Phi) is 5.25. The summed E-state index contributed by atoms with van der Waals surface area (Å²) in [5, 5.41) is 10.5. The van der Waals surface area contributed by atoms with Crippen molar-refractivity contribution in [3.05, 3.63) is 71.8 Å². The van der Waals surface area contributed by atoms with Crippen molar-refractivity contribution in [1.82, 2.24) is 4.98 Å². The number of allylic oxidation sites excluding steroid dienone is 1. The molecule has 23 heavy (non-hydrogen) atoms. The van der Waals surface area contributed by atoms with Gasteiger partial charge in [-0.25, -0.2) is 0 Å². The van der Waals surface area contributed by atoms with Gasteiger partial charge in [0.25, 0.3) is 0 Å². The van der Waals surface area contributed by atoms with Gasteiger partial charge in [0.2, 0.25) is 5.91 Å². The number of nitrogens with zero attached hydrogens (tertiary/aromatic N) is 1. The van der Waals surface area contributed by atoms with Gasteiger partial charge in [0.05, 0.1) is 0 Å². The van der Waals surface area contributed by atoms with E-state index in [1.165, 1.54) is 12.4 Å². The molecular weight excluding hydrogens is 290 g/mol. The lowest BCUT2D eigenvalue weighted by Gasteiger charge is -2.06. The van der Waals surface area contributed by atoms with Crippen molar-refractivity contribution >= 4 is 29.5 Å². The van der Waals surface area contributed by atoms with Crippen LogP contribution in [0.15, 0.2) is 55.1 Å². The number of hydrogen-bond acceptors (Lipinski definition) is 5. The van der Waals surface area contributed by atoms with Gasteiger partial charge < -0.3 is 22.2 Å². The van der Waals surface area contributed by atoms with E-state index >= 15 is 0 Å². The molecule has 0 bridgehead atoms. The molecule has 6 heteroatoms. The van der Waals surface area contributed by atoms with Crippen LogP contribution in [-0.4, -0.2) is 17.1 Å². The molecule has 6 nitrogen and oxygen atoms in total. The molecule has 1 amide bonds. The number of hydrogen-bond donors (Lipinski definition) is 4. The molecule has 0 atom stereocenters. The highest BCUT2D eigenvalue weighted by Crippen LogP contribution is 2.17. The maximum absolute atomic E-state index is 11.0. The van der Waals surface area contributed by atoms with Crippen molar-refractivity contribution in [3.63, 3.8) is 0 Å². The predicted octanol–water partition coefficient (Wildman–Crippen LogP) is 2.21. The minimum atomic E-state index is -0.458. The number of anilines is 1. The SMILES string of the molecule is N=CC(=CN)c1ccncc1/C=C/Nc1ccc(C(N)=O)cc1. The number of aromatic nitrogens is 1. The van der Waals surface area contributed by atoms with Crippen LogP contribution >= 0.6 is 0 Å². The van der Waals surface area contributed by atoms with E-state index in [1.807, 2.05) is 6.08 Å². The van der Waals surface area contributed by atoms with Crippen LogP contribution in [-0.2, 0) is 0 Å². The van der Waals surface area contributed by atoms with Crippen molar-refractivity contribution in [1.29, 1.82) is 5.41 Å². The Morgan fingerprint density at radius 2 is 1.96 bits per heavy atom. The summed E-state index contributed by atoms with van der Waals surface area (Å²) in [5.41, 5.74) is 14.3. The van der Waals surface area contributed by atoms with Crippen LogP contribution in [0.5, 0.6) is 0 Å². The van der Waals surface area contributed by atoms with Crippen molar-refractivity contribution in [2.75, 3.05) is 5.32 Å². The number of benzene rings is 1. The highest BCUT2D eigenvalue weighted by molar-refractivity contribution is 6.09. The Labute approximate surface area is 134 Å². The summed E-state index contributed by atoms with van der Waals surface area (Å²) in [6.07, 6.45) is 9.50. The van der Waals surface area contributed by atoms with Crippen LogP contribution in [0.1, 0.15) is 21.5 Å². The predicted molar refractivity (Wildman–Crippen MR) is 92.8 cm³/mol. The number of carbonyl (C=O) groups is 1. The van der Waals surface area contributed by atoms with Crippen LogP contribution in [0.25, 0.3) is 11.6 Å². The minimum Gasteiger partial charge on any atom is -0.404 e. The van der Waals surface area contributed by atoms with Gasteiger partial charge in [-0.05, 0) is 42.0 Å². The molecule has 0 saturated heterocycles. The van der Waals surface area contributed by atoms with Crippen molar-refractivity contribution in [2.24, 2.45) is 11.5 Å². The quantitative estimate of drug-likeness (QED) is 0.612. The smallest absolute Gasteiger partial charge is 0.248 e. The van der Waals surface area contributed by atoms with E-state index in [4.69, 9.17) is 16.9 Å². The first-order chi connectivity index (χ1) is 11.2. The molecule has 0 saturated carbocycles. The summed E-state index contributed by atoms with van der Waals surface area (Å²) >= 11 is 0. The summed E-state index contributed by atoms with van der Waals surface area (Å²) in [6.45, 7) is 0. The van der Waals surface area contributed by atoms with Gasteiger partial charge in [-0.2, -0.15) is 0 Å². The topological polar surface area (TPSA) is 118 Å². The summed E-state index contributed by atoms with van der Waals surface area (Å²) in [5.74, 6) is -0.458. The number of rotatable bonds is 6. The van der Waals surface area contributed by atoms with Gasteiger partial charge in [0, 0.05) is 53.4 Å². The third-order valence-corrected chi connectivity index (χ3v) is 3.18. The fourth-order valence-electron chi connectivity index (χ4n) is 1.98. The average Bonchev–Trinajstić information content (AvgIpc) is 2.58. The standard InChI is InChI=1S/C17H17N5O/c18-9-14(10-19)16-6-7-21-11-13(16)5-8-22-15-3-1-12(2-4-15)17(20)23/h1-11,18,22H,19H2,(H2,20,23)/b8-5+,14-10?,18-9?. The second-order valence-corrected chi connectivity index (χ2v) is 4.65. The van der Waals surface area contributed by atoms with Crippen molar-refractivity contribution in [2.45, 2.75) is 0 Å². The lowest BCUT2D eigenvalue weighted by Crippen LogP contribution is -2.10. The number of amides is 1. The van der Waals surface area contributed by atoms with Gasteiger partial charge in [0.1, 0.15) is 0 Å². The molecule has 6 N–H and O–H groups in total. The molecule has 116 valence electrons. The minimum absolute atomic E-state index is 0.456. The summed E-state index contributed by atoms with van der Waals surface area (Å²) in [4.78, 5) is 15.1. The van der Waals surface area contributed by atoms with E-state index < -0.39 is 5.91 Å². The molecule has 2 rings (SSSR count). The second-order valence-electron chi connectivity index (χ2n) is 4.65. The molecule has 0 aliphatic carbocycles. The molecule has 1 aromatic heterocycles. The summed E-state index contributed by atoms with van der Waals surface area (Å²) in [7, 11) is 0. The molecule has 0 unspecified atom stereocenters. The summed E-state index contributed by atoms with van der Waals surface area (Å²) in [6, 6.07) is 8.62. The Hall–Kier alpha value is -3.41. The highest BCUT2D eigenvalue weighted by atomic mass is 16.1. The third kappa shape index (κ3) is 4.04. The van der Waals surface area contributed by atoms with Gasteiger partial charge in [0.15, 0.2) is 0 Å². The highest BCUT2D eigenvalue weighted by Gasteiger charge is 2.03. The van der Waals surface area contributed by atoms with E-state index in [9.17, 15) is 4.79 Å². The number of nitrogens with one attached hydrogen (secondary N) is 2. The van der Waals surface area contributed by atoms with Gasteiger partial charge in [-0.3, -0.25) is 9.78 Å². The van der Waals surface area contributed by atoms with Gasteiger partial charge >= 0.3 is 0 Å². The molecule has 0 aliphatic rings. The second kappa shape index (κ2) is 7.56. The van der Waals surface area contributed by atoms with Crippen LogP contribution in [0.2, 0.25) is 0 Å². The number of primary amides is 1. The molecule has 0 fully saturated rings. The fraction of sp³-hybridized carbons (Fsp3) is 0. The molecule has 1 aromatic carbocycles. The lowest BCUT2D eigenvalue weighted by molar-refractivity contribution is 0.100. The molecule has 0 spiro atoms. The van der Waals surface area contributed by atoms with E-state index in [0.717, 1.165) is 16.8 Å². The largest absolute Gasteiger partial charge is 0.404 e. The lowest BCUT2D eigenvalue weighted by atomic mass is 10.0. The van der Waals surface area contributed by atoms with Crippen LogP contribution in [0.3, 0.4) is 0 Å². The first-order valence-corrected chi connectivity index (χ1v) is 6.85. The molecule has 2 aromatic rings. The summed E-state index contributed by atoms with van der Waals surface area (Å²) < 4.78 is 0. The average molecular weight is 307 g/mol. The normalized spacial score (nSPS) is 11.4. The zero-order valence-corrected chi connectivity index (χ0v) is 12.4. The van der Waals surface area contributed by atoms with Crippen LogP contribution in [0, 0.1) is 5.41 Å². The van der Waals surface area contributed by atoms with E-state index in [0.29, 0.717) is 11.1 Å². The third-order valence-electron chi connectivity index (χ3n) is 3.18. The maximum Gasteiger partial charge on any atom is 0.248 e. The van der Waals surface area contributed by atoms with E-state index in [-0.39, 0.29) is 0 Å². The van der Waals surface area contributed by atoms with Crippen LogP contribution in [0.4, 0.5) is 5.69 Å². The van der Waals surface area contributed by atoms with Crippen molar-refractivity contribution < 1.29 is 4.79 Å². The molecule has 0 aliphatic heterocycles. The van der Waals surface area contributed by atoms with Crippen molar-refractivity contribution in [3.8, 4) is 0 Å². The number of carbonyl (C=O) groups excluding carboxylic acids is 1. The fourth-order valence-corrected chi connectivity index (χ4v) is 1.98. The Morgan fingerprint density at radius 1 is 1.22 bits per heavy atom. The Balaban J connectivity index is 2.15. The number of nitrogens with two attached hydrogens (primary N) is 2. The molecule has 0 radical (unpaired) electrons. The maximum atomic E-state index is 11.0. The monoisotopic (exact) mass is 307 g/mol. The Morgan fingerprint density at radius 3 is 2.57 bits per heavy atom. The first kappa shape index (κ1) is 16.0. The van der Waals surface area contributed by atoms with Gasteiger partial charge in [-0.1, -0.05) is 0 Å². The molecule has 1 heterocycles. The van der Waals surface area contributed by atoms with E-state index in [2.05, 4.69) is 10.3 Å². The Bertz CT molecular complexity index is 763. The zero-order valence-electron chi connectivity index (χ0n) is 12.4. The first-order valence-electron chi connectivity index (χ1n) is 6.85. The zero-order chi connectivity index (χ0) is 16.7. The number of pyridine rings is 1. The molecular formula is C17H17N5O. The van der Waals surface area contributed by atoms with E-state index in [1.54, 1.807) is 48.9 Å². The van der Waals surface area contributed by atoms with Crippen LogP contribution < -0.4 is 16.8 Å².